The lowest BCUT2D eigenvalue weighted by Crippen LogP contribution is -2.47. The molecule has 212 valence electrons. The van der Waals surface area contributed by atoms with Gasteiger partial charge >= 0.3 is 0 Å². The molecule has 0 aliphatic rings. The Morgan fingerprint density at radius 2 is 1.44 bits per heavy atom. The number of rotatable bonds is 12. The molecular formula is C31H31FN4O4S. The molecule has 8 nitrogen and oxygen atoms in total. The van der Waals surface area contributed by atoms with Crippen molar-refractivity contribution in [1.29, 1.82) is 0 Å². The predicted molar refractivity (Wildman–Crippen MR) is 154 cm³/mol. The quantitative estimate of drug-likeness (QED) is 0.275. The third-order valence-corrected chi connectivity index (χ3v) is 7.63. The summed E-state index contributed by atoms with van der Waals surface area (Å²) in [4.78, 5) is 33.2. The maximum absolute atomic E-state index is 14.0. The normalized spacial score (nSPS) is 12.1. The molecule has 1 aromatic heterocycles. The fourth-order valence-corrected chi connectivity index (χ4v) is 5.05. The molecule has 0 aliphatic heterocycles. The van der Waals surface area contributed by atoms with E-state index in [9.17, 15) is 22.4 Å². The van der Waals surface area contributed by atoms with Crippen LogP contribution in [0.4, 0.5) is 4.39 Å². The number of nitrogens with one attached hydrogen (secondary N) is 1. The van der Waals surface area contributed by atoms with Gasteiger partial charge in [-0.2, -0.15) is 4.31 Å². The highest BCUT2D eigenvalue weighted by Crippen LogP contribution is 2.25. The van der Waals surface area contributed by atoms with Crippen LogP contribution in [0.2, 0.25) is 0 Å². The van der Waals surface area contributed by atoms with Gasteiger partial charge in [0, 0.05) is 32.0 Å². The molecule has 0 bridgehead atoms. The van der Waals surface area contributed by atoms with E-state index in [0.717, 1.165) is 16.1 Å². The highest BCUT2D eigenvalue weighted by atomic mass is 32.2. The molecule has 1 atom stereocenters. The molecule has 0 spiro atoms. The van der Waals surface area contributed by atoms with Crippen LogP contribution in [0.15, 0.2) is 109 Å². The minimum absolute atomic E-state index is 0.0149. The van der Waals surface area contributed by atoms with Gasteiger partial charge in [0.25, 0.3) is 0 Å². The second-order valence-corrected chi connectivity index (χ2v) is 11.5. The van der Waals surface area contributed by atoms with Crippen molar-refractivity contribution in [3.8, 4) is 0 Å². The Balaban J connectivity index is 1.69. The van der Waals surface area contributed by atoms with Crippen LogP contribution in [-0.2, 0) is 39.2 Å². The summed E-state index contributed by atoms with van der Waals surface area (Å²) < 4.78 is 40.3. The summed E-state index contributed by atoms with van der Waals surface area (Å²) in [7, 11) is -3.80. The van der Waals surface area contributed by atoms with Gasteiger partial charge in [0.2, 0.25) is 21.8 Å². The Kier molecular flexibility index (Phi) is 9.94. The average Bonchev–Trinajstić information content (AvgIpc) is 2.97. The first-order chi connectivity index (χ1) is 19.7. The number of sulfonamides is 1. The Bertz CT molecular complexity index is 1540. The SMILES string of the molecule is CS(=O)(=O)N(CC(=O)N(Cc1ccc(F)cc1)[C@H](C(=O)NCc1cccnc1)c1ccccc1)Cc1ccccc1. The van der Waals surface area contributed by atoms with Crippen LogP contribution in [0.25, 0.3) is 0 Å². The van der Waals surface area contributed by atoms with E-state index in [0.29, 0.717) is 16.7 Å². The van der Waals surface area contributed by atoms with Crippen LogP contribution in [0.1, 0.15) is 28.3 Å². The first kappa shape index (κ1) is 29.6. The lowest BCUT2D eigenvalue weighted by Gasteiger charge is -2.33. The summed E-state index contributed by atoms with van der Waals surface area (Å²) in [6.07, 6.45) is 4.31. The van der Waals surface area contributed by atoms with Crippen molar-refractivity contribution in [2.45, 2.75) is 25.7 Å². The molecule has 3 aromatic carbocycles. The van der Waals surface area contributed by atoms with E-state index in [4.69, 9.17) is 0 Å². The fourth-order valence-electron chi connectivity index (χ4n) is 4.33. The van der Waals surface area contributed by atoms with Gasteiger partial charge < -0.3 is 10.2 Å². The van der Waals surface area contributed by atoms with Crippen molar-refractivity contribution in [3.63, 3.8) is 0 Å². The van der Waals surface area contributed by atoms with Crippen molar-refractivity contribution in [3.05, 3.63) is 138 Å². The van der Waals surface area contributed by atoms with Crippen molar-refractivity contribution < 1.29 is 22.4 Å². The maximum atomic E-state index is 14.0. The van der Waals surface area contributed by atoms with E-state index < -0.39 is 40.2 Å². The molecule has 0 saturated heterocycles. The topological polar surface area (TPSA) is 99.7 Å². The van der Waals surface area contributed by atoms with Crippen molar-refractivity contribution in [1.82, 2.24) is 19.5 Å². The Labute approximate surface area is 239 Å². The minimum atomic E-state index is -3.80. The first-order valence-electron chi connectivity index (χ1n) is 13.0. The molecule has 0 radical (unpaired) electrons. The molecule has 10 heteroatoms. The van der Waals surface area contributed by atoms with E-state index >= 15 is 0 Å². The van der Waals surface area contributed by atoms with Gasteiger partial charge in [0.1, 0.15) is 11.9 Å². The first-order valence-corrected chi connectivity index (χ1v) is 14.8. The number of amides is 2. The largest absolute Gasteiger partial charge is 0.350 e. The van der Waals surface area contributed by atoms with Gasteiger partial charge in [-0.15, -0.1) is 0 Å². The van der Waals surface area contributed by atoms with E-state index in [1.165, 1.54) is 29.2 Å². The van der Waals surface area contributed by atoms with Crippen molar-refractivity contribution in [2.75, 3.05) is 12.8 Å². The van der Waals surface area contributed by atoms with Crippen LogP contribution in [-0.4, -0.2) is 47.2 Å². The highest BCUT2D eigenvalue weighted by Gasteiger charge is 2.33. The zero-order valence-corrected chi connectivity index (χ0v) is 23.4. The smallest absolute Gasteiger partial charge is 0.247 e. The minimum Gasteiger partial charge on any atom is -0.350 e. The molecule has 2 amide bonds. The number of aromatic nitrogens is 1. The highest BCUT2D eigenvalue weighted by molar-refractivity contribution is 7.88. The standard InChI is InChI=1S/C31H31FN4O4S/c1-41(39,40)35(21-24-9-4-2-5-10-24)23-29(37)36(22-25-14-16-28(32)17-15-25)30(27-12-6-3-7-13-27)31(38)34-20-26-11-8-18-33-19-26/h2-19,30H,20-23H2,1H3,(H,34,38)/t30-/m0/s1. The molecule has 1 heterocycles. The lowest BCUT2D eigenvalue weighted by molar-refractivity contribution is -0.141. The van der Waals surface area contributed by atoms with Gasteiger partial charge in [-0.3, -0.25) is 14.6 Å². The molecular weight excluding hydrogens is 543 g/mol. The molecule has 4 aromatic rings. The Morgan fingerprint density at radius 3 is 2.05 bits per heavy atom. The number of halogens is 1. The molecule has 0 saturated carbocycles. The lowest BCUT2D eigenvalue weighted by atomic mass is 10.0. The van der Waals surface area contributed by atoms with Gasteiger partial charge in [-0.05, 0) is 40.5 Å². The number of carbonyl (C=O) groups is 2. The fraction of sp³-hybridized carbons (Fsp3) is 0.194. The van der Waals surface area contributed by atoms with Crippen LogP contribution < -0.4 is 5.32 Å². The summed E-state index contributed by atoms with van der Waals surface area (Å²) in [5.74, 6) is -1.47. The Hall–Kier alpha value is -4.41. The summed E-state index contributed by atoms with van der Waals surface area (Å²) in [6, 6.07) is 25.8. The monoisotopic (exact) mass is 574 g/mol. The molecule has 0 unspecified atom stereocenters. The zero-order valence-electron chi connectivity index (χ0n) is 22.6. The number of hydrogen-bond donors (Lipinski definition) is 1. The van der Waals surface area contributed by atoms with E-state index in [1.54, 1.807) is 73.1 Å². The molecule has 41 heavy (non-hydrogen) atoms. The number of benzene rings is 3. The van der Waals surface area contributed by atoms with E-state index in [-0.39, 0.29) is 19.6 Å². The number of carbonyl (C=O) groups excluding carboxylic acids is 2. The van der Waals surface area contributed by atoms with Crippen molar-refractivity contribution in [2.24, 2.45) is 0 Å². The molecule has 0 fully saturated rings. The molecule has 0 aliphatic carbocycles. The maximum Gasteiger partial charge on any atom is 0.247 e. The Morgan fingerprint density at radius 1 is 0.829 bits per heavy atom. The summed E-state index contributed by atoms with van der Waals surface area (Å²) >= 11 is 0. The van der Waals surface area contributed by atoms with Crippen LogP contribution in [0.5, 0.6) is 0 Å². The van der Waals surface area contributed by atoms with Gasteiger partial charge in [0.05, 0.1) is 12.8 Å². The van der Waals surface area contributed by atoms with Crippen LogP contribution in [0, 0.1) is 5.82 Å². The van der Waals surface area contributed by atoms with Gasteiger partial charge in [-0.1, -0.05) is 78.9 Å². The second-order valence-electron chi connectivity index (χ2n) is 9.56. The van der Waals surface area contributed by atoms with E-state index in [1.807, 2.05) is 12.1 Å². The number of pyridine rings is 1. The number of hydrogen-bond acceptors (Lipinski definition) is 5. The van der Waals surface area contributed by atoms with E-state index in [2.05, 4.69) is 10.3 Å². The van der Waals surface area contributed by atoms with Crippen LogP contribution in [0.3, 0.4) is 0 Å². The van der Waals surface area contributed by atoms with Crippen molar-refractivity contribution >= 4 is 21.8 Å². The third-order valence-electron chi connectivity index (χ3n) is 6.43. The van der Waals surface area contributed by atoms with Gasteiger partial charge in [-0.25, -0.2) is 12.8 Å². The second kappa shape index (κ2) is 13.8. The molecule has 4 rings (SSSR count). The summed E-state index contributed by atoms with van der Waals surface area (Å²) in [5, 5.41) is 2.89. The molecule has 1 N–H and O–H groups in total. The van der Waals surface area contributed by atoms with Gasteiger partial charge in [0.15, 0.2) is 0 Å². The third kappa shape index (κ3) is 8.54. The number of nitrogens with zero attached hydrogens (tertiary/aromatic N) is 3. The summed E-state index contributed by atoms with van der Waals surface area (Å²) in [6.45, 7) is -0.382. The predicted octanol–water partition coefficient (Wildman–Crippen LogP) is 4.07. The van der Waals surface area contributed by atoms with Crippen LogP contribution >= 0.6 is 0 Å². The zero-order chi connectivity index (χ0) is 29.2. The average molecular weight is 575 g/mol. The summed E-state index contributed by atoms with van der Waals surface area (Å²) in [5.41, 5.74) is 2.61.